The third-order valence-corrected chi connectivity index (χ3v) is 8.57. The van der Waals surface area contributed by atoms with Crippen molar-refractivity contribution >= 4 is 0 Å². The summed E-state index contributed by atoms with van der Waals surface area (Å²) in [7, 11) is 4.51. The van der Waals surface area contributed by atoms with E-state index in [-0.39, 0.29) is 24.0 Å². The first-order valence-corrected chi connectivity index (χ1v) is 17.2. The van der Waals surface area contributed by atoms with Gasteiger partial charge in [0, 0.05) is 12.8 Å². The molecule has 0 aromatic carbocycles. The first-order chi connectivity index (χ1) is 18.2. The monoisotopic (exact) mass is 644 g/mol. The standard InChI is InChI=1S/C35H69N2.HI/c1-5-7-9-11-13-15-17-19-21-23-25-27-29-31-34-35(37(4)33-36(34)3)32-30-28-26-24-22-20-18-16-14-12-10-8-6-2;/h33H,5-32H2,1-4H3;1H/q+1;/p-1. The molecule has 1 heterocycles. The Morgan fingerprint density at radius 2 is 0.763 bits per heavy atom. The Labute approximate surface area is 257 Å². The molecule has 1 aromatic heterocycles. The minimum absolute atomic E-state index is 0. The van der Waals surface area contributed by atoms with Crippen molar-refractivity contribution in [2.24, 2.45) is 14.1 Å². The fourth-order valence-corrected chi connectivity index (χ4v) is 6.07. The second kappa shape index (κ2) is 28.5. The van der Waals surface area contributed by atoms with E-state index < -0.39 is 0 Å². The molecular weight excluding hydrogens is 575 g/mol. The molecule has 38 heavy (non-hydrogen) atoms. The summed E-state index contributed by atoms with van der Waals surface area (Å²) < 4.78 is 4.80. The van der Waals surface area contributed by atoms with Crippen LogP contribution in [0.3, 0.4) is 0 Å². The lowest BCUT2D eigenvalue weighted by Gasteiger charge is -2.05. The van der Waals surface area contributed by atoms with Crippen LogP contribution in [0, 0.1) is 0 Å². The fraction of sp³-hybridized carbons (Fsp3) is 0.914. The molecule has 0 aliphatic carbocycles. The molecule has 0 fully saturated rings. The van der Waals surface area contributed by atoms with Crippen LogP contribution in [0.15, 0.2) is 6.33 Å². The number of rotatable bonds is 28. The normalized spacial score (nSPS) is 11.3. The first-order valence-electron chi connectivity index (χ1n) is 17.2. The van der Waals surface area contributed by atoms with Crippen LogP contribution in [0.2, 0.25) is 0 Å². The third kappa shape index (κ3) is 20.8. The minimum atomic E-state index is 0. The lowest BCUT2D eigenvalue weighted by Crippen LogP contribution is -3.00. The summed E-state index contributed by atoms with van der Waals surface area (Å²) in [5.74, 6) is 0. The molecule has 0 amide bonds. The van der Waals surface area contributed by atoms with Gasteiger partial charge in [0.1, 0.15) is 11.4 Å². The first kappa shape index (κ1) is 37.9. The molecule has 0 spiro atoms. The summed E-state index contributed by atoms with van der Waals surface area (Å²) in [6, 6.07) is 0. The van der Waals surface area contributed by atoms with Crippen LogP contribution in [-0.2, 0) is 26.9 Å². The lowest BCUT2D eigenvalue weighted by atomic mass is 10.0. The molecule has 0 saturated carbocycles. The zero-order valence-corrected chi connectivity index (χ0v) is 28.8. The molecule has 2 nitrogen and oxygen atoms in total. The SMILES string of the molecule is CCCCCCCCCCCCCCCc1c(CCCCCCCCCCCCCCC)[n+](C)cn1C.[I-]. The Balaban J connectivity index is 0.0000137. The van der Waals surface area contributed by atoms with Gasteiger partial charge in [-0.3, -0.25) is 0 Å². The van der Waals surface area contributed by atoms with Crippen LogP contribution in [0.1, 0.15) is 192 Å². The van der Waals surface area contributed by atoms with E-state index >= 15 is 0 Å². The molecule has 0 aliphatic heterocycles. The van der Waals surface area contributed by atoms with Crippen molar-refractivity contribution < 1.29 is 28.5 Å². The van der Waals surface area contributed by atoms with Gasteiger partial charge in [0.15, 0.2) is 0 Å². The second-order valence-corrected chi connectivity index (χ2v) is 12.2. The molecule has 1 aromatic rings. The van der Waals surface area contributed by atoms with Gasteiger partial charge in [0.2, 0.25) is 6.33 Å². The summed E-state index contributed by atoms with van der Waals surface area (Å²) in [5.41, 5.74) is 3.20. The van der Waals surface area contributed by atoms with Gasteiger partial charge in [0.25, 0.3) is 0 Å². The van der Waals surface area contributed by atoms with Crippen LogP contribution in [0.5, 0.6) is 0 Å². The quantitative estimate of drug-likeness (QED) is 0.0495. The van der Waals surface area contributed by atoms with Crippen LogP contribution < -0.4 is 28.5 Å². The minimum Gasteiger partial charge on any atom is -1.00 e. The summed E-state index contributed by atoms with van der Waals surface area (Å²) in [6.07, 6.45) is 42.2. The zero-order valence-electron chi connectivity index (χ0n) is 26.6. The van der Waals surface area contributed by atoms with Crippen molar-refractivity contribution in [2.45, 2.75) is 194 Å². The van der Waals surface area contributed by atoms with E-state index in [0.29, 0.717) is 0 Å². The summed E-state index contributed by atoms with van der Waals surface area (Å²) in [4.78, 5) is 0. The lowest BCUT2D eigenvalue weighted by molar-refractivity contribution is -0.678. The van der Waals surface area contributed by atoms with Gasteiger partial charge in [-0.1, -0.05) is 168 Å². The second-order valence-electron chi connectivity index (χ2n) is 12.2. The Morgan fingerprint density at radius 3 is 1.11 bits per heavy atom. The summed E-state index contributed by atoms with van der Waals surface area (Å²) >= 11 is 0. The molecule has 0 bridgehead atoms. The van der Waals surface area contributed by atoms with Gasteiger partial charge in [-0.25, -0.2) is 9.13 Å². The number of unbranched alkanes of at least 4 members (excludes halogenated alkanes) is 24. The number of aryl methyl sites for hydroxylation is 2. The van der Waals surface area contributed by atoms with Crippen molar-refractivity contribution in [1.82, 2.24) is 4.57 Å². The molecular formula is C35H69IN2. The van der Waals surface area contributed by atoms with E-state index in [1.165, 1.54) is 180 Å². The Bertz CT molecular complexity index is 559. The number of hydrogen-bond acceptors (Lipinski definition) is 0. The molecule has 0 saturated heterocycles. The number of nitrogens with zero attached hydrogens (tertiary/aromatic N) is 2. The van der Waals surface area contributed by atoms with E-state index in [1.54, 1.807) is 11.4 Å². The Morgan fingerprint density at radius 1 is 0.474 bits per heavy atom. The van der Waals surface area contributed by atoms with Gasteiger partial charge in [-0.15, -0.1) is 0 Å². The van der Waals surface area contributed by atoms with E-state index in [1.807, 2.05) is 0 Å². The highest BCUT2D eigenvalue weighted by atomic mass is 127. The third-order valence-electron chi connectivity index (χ3n) is 8.57. The van der Waals surface area contributed by atoms with Gasteiger partial charge < -0.3 is 24.0 Å². The smallest absolute Gasteiger partial charge is 0.243 e. The number of imidazole rings is 1. The van der Waals surface area contributed by atoms with E-state index in [4.69, 9.17) is 0 Å². The van der Waals surface area contributed by atoms with Crippen molar-refractivity contribution in [1.29, 1.82) is 0 Å². The zero-order chi connectivity index (χ0) is 26.8. The van der Waals surface area contributed by atoms with Gasteiger partial charge in [-0.05, 0) is 12.8 Å². The number of aromatic nitrogens is 2. The molecule has 1 rings (SSSR count). The predicted molar refractivity (Wildman–Crippen MR) is 165 cm³/mol. The molecule has 226 valence electrons. The molecule has 0 N–H and O–H groups in total. The molecule has 0 unspecified atom stereocenters. The van der Waals surface area contributed by atoms with E-state index in [0.717, 1.165) is 0 Å². The molecule has 0 aliphatic rings. The molecule has 0 atom stereocenters. The molecule has 0 radical (unpaired) electrons. The van der Waals surface area contributed by atoms with Crippen LogP contribution in [0.25, 0.3) is 0 Å². The fourth-order valence-electron chi connectivity index (χ4n) is 6.07. The van der Waals surface area contributed by atoms with Crippen molar-refractivity contribution in [2.75, 3.05) is 0 Å². The topological polar surface area (TPSA) is 8.81 Å². The highest BCUT2D eigenvalue weighted by Gasteiger charge is 2.18. The number of hydrogen-bond donors (Lipinski definition) is 0. The Hall–Kier alpha value is -0.0600. The van der Waals surface area contributed by atoms with Crippen LogP contribution >= 0.6 is 0 Å². The average molecular weight is 645 g/mol. The number of halogens is 1. The van der Waals surface area contributed by atoms with E-state index in [9.17, 15) is 0 Å². The maximum Gasteiger partial charge on any atom is 0.243 e. The predicted octanol–water partition coefficient (Wildman–Crippen LogP) is 8.12. The average Bonchev–Trinajstić information content (AvgIpc) is 3.16. The highest BCUT2D eigenvalue weighted by Crippen LogP contribution is 2.17. The van der Waals surface area contributed by atoms with Gasteiger partial charge >= 0.3 is 0 Å². The largest absolute Gasteiger partial charge is 1.00 e. The van der Waals surface area contributed by atoms with Crippen LogP contribution in [0.4, 0.5) is 0 Å². The summed E-state index contributed by atoms with van der Waals surface area (Å²) in [5, 5.41) is 0. The van der Waals surface area contributed by atoms with Crippen molar-refractivity contribution in [3.63, 3.8) is 0 Å². The summed E-state index contributed by atoms with van der Waals surface area (Å²) in [6.45, 7) is 4.61. The molecule has 3 heteroatoms. The van der Waals surface area contributed by atoms with Gasteiger partial charge in [0.05, 0.1) is 14.1 Å². The van der Waals surface area contributed by atoms with Crippen LogP contribution in [-0.4, -0.2) is 4.57 Å². The van der Waals surface area contributed by atoms with Crippen molar-refractivity contribution in [3.05, 3.63) is 17.7 Å². The maximum absolute atomic E-state index is 2.40. The Kier molecular flexibility index (Phi) is 28.4. The maximum atomic E-state index is 2.40. The van der Waals surface area contributed by atoms with E-state index in [2.05, 4.69) is 43.4 Å². The van der Waals surface area contributed by atoms with Gasteiger partial charge in [-0.2, -0.15) is 0 Å². The van der Waals surface area contributed by atoms with Crippen molar-refractivity contribution in [3.8, 4) is 0 Å². The highest BCUT2D eigenvalue weighted by molar-refractivity contribution is 5.08.